The predicted octanol–water partition coefficient (Wildman–Crippen LogP) is 3.68. The number of rotatable bonds is 5. The Hall–Kier alpha value is -2.14. The second-order valence-corrected chi connectivity index (χ2v) is 8.07. The van der Waals surface area contributed by atoms with Crippen LogP contribution in [0.4, 0.5) is 0 Å². The zero-order valence-corrected chi connectivity index (χ0v) is 15.9. The Morgan fingerprint density at radius 2 is 2.08 bits per heavy atom. The maximum absolute atomic E-state index is 12.8. The minimum absolute atomic E-state index is 0.0319. The number of nitrogens with one attached hydrogen (secondary N) is 1. The van der Waals surface area contributed by atoms with Gasteiger partial charge in [-0.05, 0) is 60.2 Å². The van der Waals surface area contributed by atoms with Crippen LogP contribution in [0.2, 0.25) is 0 Å². The lowest BCUT2D eigenvalue weighted by molar-refractivity contribution is -0.126. The summed E-state index contributed by atoms with van der Waals surface area (Å²) >= 11 is 1.82. The van der Waals surface area contributed by atoms with Gasteiger partial charge in [0.1, 0.15) is 6.04 Å². The summed E-state index contributed by atoms with van der Waals surface area (Å²) in [5, 5.41) is 5.27. The number of hydrogen-bond acceptors (Lipinski definition) is 3. The summed E-state index contributed by atoms with van der Waals surface area (Å²) in [6.07, 6.45) is 5.43. The fourth-order valence-corrected chi connectivity index (χ4v) is 5.23. The molecule has 2 aliphatic rings. The van der Waals surface area contributed by atoms with E-state index in [0.29, 0.717) is 19.5 Å². The molecule has 2 heterocycles. The van der Waals surface area contributed by atoms with E-state index in [2.05, 4.69) is 10.7 Å². The molecule has 1 aliphatic carbocycles. The molecule has 26 heavy (non-hydrogen) atoms. The molecule has 0 saturated heterocycles. The van der Waals surface area contributed by atoms with Crippen molar-refractivity contribution in [2.75, 3.05) is 0 Å². The highest BCUT2D eigenvalue weighted by Gasteiger charge is 2.35. The van der Waals surface area contributed by atoms with Crippen molar-refractivity contribution >= 4 is 23.2 Å². The van der Waals surface area contributed by atoms with E-state index in [1.165, 1.54) is 35.3 Å². The molecule has 136 valence electrons. The molecule has 4 rings (SSSR count). The van der Waals surface area contributed by atoms with Crippen molar-refractivity contribution in [2.24, 2.45) is 0 Å². The number of amides is 2. The Bertz CT molecular complexity index is 842. The van der Waals surface area contributed by atoms with E-state index in [1.54, 1.807) is 4.90 Å². The topological polar surface area (TPSA) is 49.4 Å². The third-order valence-electron chi connectivity index (χ3n) is 5.52. The highest BCUT2D eigenvalue weighted by molar-refractivity contribution is 7.10. The van der Waals surface area contributed by atoms with Gasteiger partial charge in [0.15, 0.2) is 0 Å². The molecule has 0 unspecified atom stereocenters. The van der Waals surface area contributed by atoms with Crippen molar-refractivity contribution in [2.45, 2.75) is 58.2 Å². The summed E-state index contributed by atoms with van der Waals surface area (Å²) in [4.78, 5) is 28.7. The average Bonchev–Trinajstić information content (AvgIpc) is 3.23. The van der Waals surface area contributed by atoms with Crippen LogP contribution in [0.3, 0.4) is 0 Å². The van der Waals surface area contributed by atoms with Gasteiger partial charge in [-0.1, -0.05) is 25.1 Å². The highest BCUT2D eigenvalue weighted by Crippen LogP contribution is 2.30. The first-order valence-corrected chi connectivity index (χ1v) is 10.3. The van der Waals surface area contributed by atoms with E-state index in [1.807, 2.05) is 42.5 Å². The number of nitrogens with zero attached hydrogens (tertiary/aromatic N) is 1. The van der Waals surface area contributed by atoms with E-state index >= 15 is 0 Å². The molecule has 2 amide bonds. The molecule has 1 atom stereocenters. The zero-order valence-electron chi connectivity index (χ0n) is 15.1. The molecule has 0 bridgehead atoms. The molecule has 0 fully saturated rings. The highest BCUT2D eigenvalue weighted by atomic mass is 32.1. The molecule has 0 saturated carbocycles. The standard InChI is InChI=1S/C21H24N2O2S/c1-2-18(23-12-14-7-3-4-9-17(14)21(23)25)20(24)22-11-15-13-26-19-10-6-5-8-16(15)19/h3-4,7,9,13,18H,2,5-6,8,10-12H2,1H3,(H,22,24)/t18-/m1/s1. The lowest BCUT2D eigenvalue weighted by Crippen LogP contribution is -2.46. The summed E-state index contributed by atoms with van der Waals surface area (Å²) < 4.78 is 0. The van der Waals surface area contributed by atoms with Gasteiger partial charge in [0, 0.05) is 23.5 Å². The molecule has 0 radical (unpaired) electrons. The van der Waals surface area contributed by atoms with Crippen molar-refractivity contribution in [3.63, 3.8) is 0 Å². The number of aryl methyl sites for hydroxylation is 1. The SMILES string of the molecule is CC[C@H](C(=O)NCc1csc2c1CCCC2)N1Cc2ccccc2C1=O. The fourth-order valence-electron chi connectivity index (χ4n) is 4.09. The number of carbonyl (C=O) groups excluding carboxylic acids is 2. The van der Waals surface area contributed by atoms with Crippen LogP contribution in [0.1, 0.15) is 58.1 Å². The Morgan fingerprint density at radius 3 is 2.88 bits per heavy atom. The van der Waals surface area contributed by atoms with E-state index in [9.17, 15) is 9.59 Å². The molecule has 0 spiro atoms. The molecule has 4 nitrogen and oxygen atoms in total. The maximum Gasteiger partial charge on any atom is 0.255 e. The van der Waals surface area contributed by atoms with Gasteiger partial charge in [-0.2, -0.15) is 0 Å². The number of benzene rings is 1. The second kappa shape index (κ2) is 7.23. The van der Waals surface area contributed by atoms with E-state index < -0.39 is 6.04 Å². The van der Waals surface area contributed by atoms with Gasteiger partial charge < -0.3 is 10.2 Å². The minimum Gasteiger partial charge on any atom is -0.350 e. The van der Waals surface area contributed by atoms with Crippen LogP contribution < -0.4 is 5.32 Å². The van der Waals surface area contributed by atoms with Crippen LogP contribution in [0, 0.1) is 0 Å². The average molecular weight is 369 g/mol. The Balaban J connectivity index is 1.44. The summed E-state index contributed by atoms with van der Waals surface area (Å²) in [6.45, 7) is 3.05. The quantitative estimate of drug-likeness (QED) is 0.875. The van der Waals surface area contributed by atoms with Gasteiger partial charge >= 0.3 is 0 Å². The Labute approximate surface area is 158 Å². The van der Waals surface area contributed by atoms with Crippen LogP contribution in [0.15, 0.2) is 29.6 Å². The first-order chi connectivity index (χ1) is 12.7. The van der Waals surface area contributed by atoms with Crippen molar-refractivity contribution in [3.05, 3.63) is 56.8 Å². The summed E-state index contributed by atoms with van der Waals surface area (Å²) in [7, 11) is 0. The summed E-state index contributed by atoms with van der Waals surface area (Å²) in [5.74, 6) is -0.0834. The largest absolute Gasteiger partial charge is 0.350 e. The number of fused-ring (bicyclic) bond motifs is 2. The van der Waals surface area contributed by atoms with Gasteiger partial charge in [0.2, 0.25) is 5.91 Å². The smallest absolute Gasteiger partial charge is 0.255 e. The maximum atomic E-state index is 12.8. The first kappa shape index (κ1) is 17.3. The molecule has 2 aromatic rings. The first-order valence-electron chi connectivity index (χ1n) is 9.43. The Kier molecular flexibility index (Phi) is 4.81. The van der Waals surface area contributed by atoms with Crippen LogP contribution in [-0.2, 0) is 30.7 Å². The van der Waals surface area contributed by atoms with Gasteiger partial charge in [-0.3, -0.25) is 9.59 Å². The third-order valence-corrected chi connectivity index (χ3v) is 6.65. The number of thiophene rings is 1. The van der Waals surface area contributed by atoms with E-state index in [-0.39, 0.29) is 11.8 Å². The number of hydrogen-bond donors (Lipinski definition) is 1. The summed E-state index contributed by atoms with van der Waals surface area (Å²) in [6, 6.07) is 7.22. The van der Waals surface area contributed by atoms with Crippen molar-refractivity contribution < 1.29 is 9.59 Å². The van der Waals surface area contributed by atoms with Crippen molar-refractivity contribution in [3.8, 4) is 0 Å². The zero-order chi connectivity index (χ0) is 18.1. The van der Waals surface area contributed by atoms with E-state index in [4.69, 9.17) is 0 Å². The lowest BCUT2D eigenvalue weighted by Gasteiger charge is -2.26. The molecular formula is C21H24N2O2S. The molecule has 1 aromatic heterocycles. The monoisotopic (exact) mass is 368 g/mol. The number of carbonyl (C=O) groups is 2. The molecule has 1 N–H and O–H groups in total. The normalized spacial score (nSPS) is 17.0. The second-order valence-electron chi connectivity index (χ2n) is 7.10. The predicted molar refractivity (Wildman–Crippen MR) is 103 cm³/mol. The molecule has 1 aromatic carbocycles. The van der Waals surface area contributed by atoms with Crippen LogP contribution in [0.25, 0.3) is 0 Å². The van der Waals surface area contributed by atoms with Crippen molar-refractivity contribution in [1.29, 1.82) is 0 Å². The lowest BCUT2D eigenvalue weighted by atomic mass is 9.96. The fraction of sp³-hybridized carbons (Fsp3) is 0.429. The van der Waals surface area contributed by atoms with Gasteiger partial charge in [0.05, 0.1) is 0 Å². The molecular weight excluding hydrogens is 344 g/mol. The minimum atomic E-state index is -0.413. The van der Waals surface area contributed by atoms with Crippen LogP contribution in [0.5, 0.6) is 0 Å². The Morgan fingerprint density at radius 1 is 1.27 bits per heavy atom. The third kappa shape index (κ3) is 3.05. The van der Waals surface area contributed by atoms with Crippen LogP contribution in [-0.4, -0.2) is 22.8 Å². The van der Waals surface area contributed by atoms with Crippen LogP contribution >= 0.6 is 11.3 Å². The summed E-state index contributed by atoms with van der Waals surface area (Å²) in [5.41, 5.74) is 4.43. The van der Waals surface area contributed by atoms with Gasteiger partial charge in [0.25, 0.3) is 5.91 Å². The molecule has 5 heteroatoms. The van der Waals surface area contributed by atoms with Gasteiger partial charge in [-0.15, -0.1) is 11.3 Å². The van der Waals surface area contributed by atoms with Gasteiger partial charge in [-0.25, -0.2) is 0 Å². The molecule has 1 aliphatic heterocycles. The van der Waals surface area contributed by atoms with Crippen molar-refractivity contribution in [1.82, 2.24) is 10.2 Å². The van der Waals surface area contributed by atoms with E-state index in [0.717, 1.165) is 17.5 Å².